The lowest BCUT2D eigenvalue weighted by molar-refractivity contribution is -0.138. The standard InChI is InChI=1S/C20H18F3N3O2/c1-28-13-5-6-17-15(9-13)19(27)25-18(24-17)11-26-8-7-14-12(10-26)3-2-4-16(14)20(21,22)23/h2-6,9H,7-8,10-11H2,1H3,(H,24,25,27). The molecule has 146 valence electrons. The van der Waals surface area contributed by atoms with E-state index in [0.717, 1.165) is 6.07 Å². The Bertz CT molecular complexity index is 1090. The molecule has 0 amide bonds. The molecule has 1 aliphatic heterocycles. The van der Waals surface area contributed by atoms with Crippen LogP contribution in [0, 0.1) is 0 Å². The van der Waals surface area contributed by atoms with Gasteiger partial charge in [-0.1, -0.05) is 12.1 Å². The number of hydrogen-bond acceptors (Lipinski definition) is 4. The molecule has 2 heterocycles. The Hall–Kier alpha value is -2.87. The van der Waals surface area contributed by atoms with E-state index in [1.54, 1.807) is 24.3 Å². The number of ether oxygens (including phenoxy) is 1. The largest absolute Gasteiger partial charge is 0.497 e. The molecule has 1 aromatic heterocycles. The van der Waals surface area contributed by atoms with Gasteiger partial charge in [-0.05, 0) is 41.8 Å². The highest BCUT2D eigenvalue weighted by Crippen LogP contribution is 2.35. The first-order valence-corrected chi connectivity index (χ1v) is 8.82. The second-order valence-electron chi connectivity index (χ2n) is 6.80. The van der Waals surface area contributed by atoms with Gasteiger partial charge < -0.3 is 9.72 Å². The number of nitrogens with zero attached hydrogens (tertiary/aromatic N) is 2. The molecule has 0 spiro atoms. The normalized spacial score (nSPS) is 14.9. The molecular formula is C20H18F3N3O2. The molecule has 1 N–H and O–H groups in total. The monoisotopic (exact) mass is 389 g/mol. The molecule has 0 saturated carbocycles. The fraction of sp³-hybridized carbons (Fsp3) is 0.300. The van der Waals surface area contributed by atoms with Gasteiger partial charge in [0.15, 0.2) is 0 Å². The quantitative estimate of drug-likeness (QED) is 0.745. The molecule has 0 atom stereocenters. The summed E-state index contributed by atoms with van der Waals surface area (Å²) in [4.78, 5) is 21.6. The summed E-state index contributed by atoms with van der Waals surface area (Å²) in [5.41, 5.74) is 0.745. The van der Waals surface area contributed by atoms with Gasteiger partial charge in [0, 0.05) is 13.1 Å². The minimum Gasteiger partial charge on any atom is -0.497 e. The molecule has 0 radical (unpaired) electrons. The highest BCUT2D eigenvalue weighted by molar-refractivity contribution is 5.79. The highest BCUT2D eigenvalue weighted by Gasteiger charge is 2.35. The van der Waals surface area contributed by atoms with Crippen LogP contribution in [0.15, 0.2) is 41.2 Å². The summed E-state index contributed by atoms with van der Waals surface area (Å²) in [6, 6.07) is 9.36. The zero-order valence-corrected chi connectivity index (χ0v) is 15.1. The van der Waals surface area contributed by atoms with E-state index in [2.05, 4.69) is 9.97 Å². The van der Waals surface area contributed by atoms with Crippen molar-refractivity contribution < 1.29 is 17.9 Å². The van der Waals surface area contributed by atoms with Crippen LogP contribution in [-0.4, -0.2) is 28.5 Å². The number of aromatic amines is 1. The molecule has 2 aromatic carbocycles. The predicted molar refractivity (Wildman–Crippen MR) is 98.2 cm³/mol. The Kier molecular flexibility index (Phi) is 4.58. The predicted octanol–water partition coefficient (Wildman–Crippen LogP) is 3.51. The average Bonchev–Trinajstić information content (AvgIpc) is 2.66. The third-order valence-corrected chi connectivity index (χ3v) is 4.99. The molecule has 5 nitrogen and oxygen atoms in total. The van der Waals surface area contributed by atoms with Crippen LogP contribution < -0.4 is 10.3 Å². The lowest BCUT2D eigenvalue weighted by atomic mass is 9.94. The summed E-state index contributed by atoms with van der Waals surface area (Å²) in [7, 11) is 1.52. The molecule has 0 saturated heterocycles. The third kappa shape index (κ3) is 3.47. The van der Waals surface area contributed by atoms with Gasteiger partial charge in [0.2, 0.25) is 0 Å². The van der Waals surface area contributed by atoms with Crippen molar-refractivity contribution in [2.75, 3.05) is 13.7 Å². The van der Waals surface area contributed by atoms with Crippen LogP contribution in [0.1, 0.15) is 22.5 Å². The molecule has 4 rings (SSSR count). The van der Waals surface area contributed by atoms with Gasteiger partial charge in [-0.2, -0.15) is 13.2 Å². The van der Waals surface area contributed by atoms with Crippen LogP contribution >= 0.6 is 0 Å². The van der Waals surface area contributed by atoms with E-state index in [0.29, 0.717) is 59.7 Å². The summed E-state index contributed by atoms with van der Waals surface area (Å²) < 4.78 is 44.7. The minimum absolute atomic E-state index is 0.268. The van der Waals surface area contributed by atoms with Crippen LogP contribution in [0.2, 0.25) is 0 Å². The van der Waals surface area contributed by atoms with E-state index in [1.165, 1.54) is 13.2 Å². The Morgan fingerprint density at radius 1 is 1.25 bits per heavy atom. The summed E-state index contributed by atoms with van der Waals surface area (Å²) in [5.74, 6) is 1.05. The van der Waals surface area contributed by atoms with Crippen molar-refractivity contribution in [3.63, 3.8) is 0 Å². The van der Waals surface area contributed by atoms with Crippen molar-refractivity contribution in [2.45, 2.75) is 25.7 Å². The van der Waals surface area contributed by atoms with Gasteiger partial charge in [0.05, 0.1) is 30.1 Å². The second-order valence-corrected chi connectivity index (χ2v) is 6.80. The minimum atomic E-state index is -4.35. The maximum absolute atomic E-state index is 13.2. The molecule has 0 unspecified atom stereocenters. The zero-order chi connectivity index (χ0) is 19.9. The first kappa shape index (κ1) is 18.5. The lowest BCUT2D eigenvalue weighted by Gasteiger charge is -2.30. The molecule has 0 fully saturated rings. The number of alkyl halides is 3. The maximum atomic E-state index is 13.2. The van der Waals surface area contributed by atoms with Crippen LogP contribution in [-0.2, 0) is 25.7 Å². The van der Waals surface area contributed by atoms with Gasteiger partial charge >= 0.3 is 6.18 Å². The first-order valence-electron chi connectivity index (χ1n) is 8.82. The topological polar surface area (TPSA) is 58.2 Å². The van der Waals surface area contributed by atoms with E-state index in [-0.39, 0.29) is 5.56 Å². The Balaban J connectivity index is 1.59. The number of fused-ring (bicyclic) bond motifs is 2. The van der Waals surface area contributed by atoms with Crippen LogP contribution in [0.4, 0.5) is 13.2 Å². The molecule has 28 heavy (non-hydrogen) atoms. The number of benzene rings is 2. The fourth-order valence-electron chi connectivity index (χ4n) is 3.65. The third-order valence-electron chi connectivity index (χ3n) is 4.99. The number of H-pyrrole nitrogens is 1. The number of halogens is 3. The highest BCUT2D eigenvalue weighted by atomic mass is 19.4. The van der Waals surface area contributed by atoms with Crippen molar-refractivity contribution in [2.24, 2.45) is 0 Å². The fourth-order valence-corrected chi connectivity index (χ4v) is 3.65. The van der Waals surface area contributed by atoms with Crippen molar-refractivity contribution in [1.82, 2.24) is 14.9 Å². The van der Waals surface area contributed by atoms with E-state index < -0.39 is 11.7 Å². The molecular weight excluding hydrogens is 371 g/mol. The number of nitrogens with one attached hydrogen (secondary N) is 1. The molecule has 0 bridgehead atoms. The SMILES string of the molecule is COc1ccc2nc(CN3CCc4c(cccc4C(F)(F)F)C3)[nH]c(=O)c2c1. The Morgan fingerprint density at radius 2 is 2.07 bits per heavy atom. The first-order chi connectivity index (χ1) is 13.3. The number of aromatic nitrogens is 2. The smallest absolute Gasteiger partial charge is 0.416 e. The van der Waals surface area contributed by atoms with E-state index in [4.69, 9.17) is 4.74 Å². The van der Waals surface area contributed by atoms with Crippen molar-refractivity contribution in [1.29, 1.82) is 0 Å². The molecule has 8 heteroatoms. The second kappa shape index (κ2) is 6.94. The summed E-state index contributed by atoms with van der Waals surface area (Å²) in [6.07, 6.45) is -4.04. The summed E-state index contributed by atoms with van der Waals surface area (Å²) >= 11 is 0. The molecule has 0 aliphatic carbocycles. The number of hydrogen-bond donors (Lipinski definition) is 1. The molecule has 3 aromatic rings. The van der Waals surface area contributed by atoms with Gasteiger partial charge in [-0.15, -0.1) is 0 Å². The molecule has 1 aliphatic rings. The van der Waals surface area contributed by atoms with E-state index in [1.807, 2.05) is 4.90 Å². The number of methoxy groups -OCH3 is 1. The van der Waals surface area contributed by atoms with Gasteiger partial charge in [-0.3, -0.25) is 9.69 Å². The van der Waals surface area contributed by atoms with Crippen LogP contribution in [0.25, 0.3) is 10.9 Å². The van der Waals surface area contributed by atoms with Crippen LogP contribution in [0.3, 0.4) is 0 Å². The Morgan fingerprint density at radius 3 is 2.82 bits per heavy atom. The van der Waals surface area contributed by atoms with Crippen LogP contribution in [0.5, 0.6) is 5.75 Å². The zero-order valence-electron chi connectivity index (χ0n) is 15.1. The van der Waals surface area contributed by atoms with Crippen molar-refractivity contribution in [3.8, 4) is 5.75 Å². The Labute approximate surface area is 158 Å². The average molecular weight is 389 g/mol. The number of rotatable bonds is 3. The summed E-state index contributed by atoms with van der Waals surface area (Å²) in [6.45, 7) is 1.20. The van der Waals surface area contributed by atoms with Crippen molar-refractivity contribution >= 4 is 10.9 Å². The van der Waals surface area contributed by atoms with E-state index >= 15 is 0 Å². The van der Waals surface area contributed by atoms with E-state index in [9.17, 15) is 18.0 Å². The van der Waals surface area contributed by atoms with Gasteiger partial charge in [-0.25, -0.2) is 4.98 Å². The van der Waals surface area contributed by atoms with Crippen molar-refractivity contribution in [3.05, 3.63) is 69.3 Å². The van der Waals surface area contributed by atoms with Gasteiger partial charge in [0.25, 0.3) is 5.56 Å². The summed E-state index contributed by atoms with van der Waals surface area (Å²) in [5, 5.41) is 0.432. The van der Waals surface area contributed by atoms with Gasteiger partial charge in [0.1, 0.15) is 11.6 Å². The lowest BCUT2D eigenvalue weighted by Crippen LogP contribution is -2.32. The maximum Gasteiger partial charge on any atom is 0.416 e.